The largest absolute Gasteiger partial charge is 0.493 e. The van der Waals surface area contributed by atoms with E-state index >= 15 is 0 Å². The van der Waals surface area contributed by atoms with Crippen molar-refractivity contribution in [1.82, 2.24) is 15.2 Å². The molecule has 0 atom stereocenters. The molecule has 0 saturated carbocycles. The Balaban J connectivity index is 1.43. The highest BCUT2D eigenvalue weighted by Gasteiger charge is 2.27. The first-order valence-electron chi connectivity index (χ1n) is 10.2. The molecule has 0 aliphatic carbocycles. The van der Waals surface area contributed by atoms with Gasteiger partial charge in [0.25, 0.3) is 0 Å². The lowest BCUT2D eigenvalue weighted by atomic mass is 9.95. The average Bonchev–Trinajstić information content (AvgIpc) is 3.18. The average molecular weight is 432 g/mol. The molecule has 0 unspecified atom stereocenters. The van der Waals surface area contributed by atoms with Crippen molar-refractivity contribution < 1.29 is 19.1 Å². The van der Waals surface area contributed by atoms with E-state index in [2.05, 4.69) is 10.3 Å². The third-order valence-electron chi connectivity index (χ3n) is 5.37. The van der Waals surface area contributed by atoms with Gasteiger partial charge in [-0.25, -0.2) is 4.98 Å². The number of likely N-dealkylation sites (tertiary alicyclic amines) is 1. The van der Waals surface area contributed by atoms with Crippen LogP contribution in [0.2, 0.25) is 0 Å². The van der Waals surface area contributed by atoms with Crippen LogP contribution in [-0.4, -0.2) is 55.6 Å². The molecule has 8 heteroatoms. The summed E-state index contributed by atoms with van der Waals surface area (Å²) in [7, 11) is 3.17. The van der Waals surface area contributed by atoms with E-state index in [-0.39, 0.29) is 17.7 Å². The molecule has 1 aliphatic heterocycles. The number of carbonyl (C=O) groups is 2. The summed E-state index contributed by atoms with van der Waals surface area (Å²) < 4.78 is 10.5. The van der Waals surface area contributed by atoms with E-state index < -0.39 is 0 Å². The summed E-state index contributed by atoms with van der Waals surface area (Å²) in [5, 5.41) is 6.09. The number of amides is 2. The SMILES string of the molecule is COc1ccc(CC(=O)N2CCC(C(=O)NCCc3csc(C)n3)CC2)cc1OC. The zero-order valence-corrected chi connectivity index (χ0v) is 18.6. The van der Waals surface area contributed by atoms with Gasteiger partial charge in [-0.1, -0.05) is 6.07 Å². The van der Waals surface area contributed by atoms with E-state index in [1.165, 1.54) is 0 Å². The Bertz CT molecular complexity index is 875. The molecule has 1 saturated heterocycles. The normalized spacial score (nSPS) is 14.4. The fraction of sp³-hybridized carbons (Fsp3) is 0.500. The van der Waals surface area contributed by atoms with E-state index in [9.17, 15) is 9.59 Å². The number of nitrogens with zero attached hydrogens (tertiary/aromatic N) is 2. The van der Waals surface area contributed by atoms with Crippen molar-refractivity contribution in [2.24, 2.45) is 5.92 Å². The number of ether oxygens (including phenoxy) is 2. The van der Waals surface area contributed by atoms with Crippen LogP contribution in [0.25, 0.3) is 0 Å². The van der Waals surface area contributed by atoms with Gasteiger partial charge in [-0.2, -0.15) is 0 Å². The second-order valence-corrected chi connectivity index (χ2v) is 8.48. The number of rotatable bonds is 8. The molecule has 1 N–H and O–H groups in total. The smallest absolute Gasteiger partial charge is 0.226 e. The van der Waals surface area contributed by atoms with Crippen molar-refractivity contribution in [2.75, 3.05) is 33.9 Å². The quantitative estimate of drug-likeness (QED) is 0.695. The van der Waals surface area contributed by atoms with Gasteiger partial charge in [0.1, 0.15) is 0 Å². The molecular formula is C22H29N3O4S. The van der Waals surface area contributed by atoms with Crippen LogP contribution in [0.4, 0.5) is 0 Å². The summed E-state index contributed by atoms with van der Waals surface area (Å²) in [6, 6.07) is 5.52. The van der Waals surface area contributed by atoms with Gasteiger partial charge >= 0.3 is 0 Å². The maximum atomic E-state index is 12.7. The molecule has 0 bridgehead atoms. The first-order valence-corrected chi connectivity index (χ1v) is 11.1. The van der Waals surface area contributed by atoms with Gasteiger partial charge in [0.05, 0.1) is 31.3 Å². The molecule has 0 spiro atoms. The summed E-state index contributed by atoms with van der Waals surface area (Å²) in [5.74, 6) is 1.37. The van der Waals surface area contributed by atoms with E-state index in [1.54, 1.807) is 25.6 Å². The summed E-state index contributed by atoms with van der Waals surface area (Å²) in [6.45, 7) is 3.79. The number of carbonyl (C=O) groups excluding carboxylic acids is 2. The fourth-order valence-corrected chi connectivity index (χ4v) is 4.30. The highest BCUT2D eigenvalue weighted by atomic mass is 32.1. The number of nitrogens with one attached hydrogen (secondary N) is 1. The molecule has 3 rings (SSSR count). The molecule has 1 fully saturated rings. The number of aromatic nitrogens is 1. The van der Waals surface area contributed by atoms with Crippen molar-refractivity contribution in [3.63, 3.8) is 0 Å². The van der Waals surface area contributed by atoms with E-state index in [4.69, 9.17) is 9.47 Å². The molecule has 2 aromatic rings. The van der Waals surface area contributed by atoms with Crippen LogP contribution in [0.1, 0.15) is 29.1 Å². The Morgan fingerprint density at radius 1 is 1.20 bits per heavy atom. The molecule has 30 heavy (non-hydrogen) atoms. The minimum atomic E-state index is -0.0349. The highest BCUT2D eigenvalue weighted by molar-refractivity contribution is 7.09. The molecule has 2 amide bonds. The standard InChI is InChI=1S/C22H29N3O4S/c1-15-24-18(14-30-15)6-9-23-22(27)17-7-10-25(11-8-17)21(26)13-16-4-5-19(28-2)20(12-16)29-3/h4-5,12,14,17H,6-11,13H2,1-3H3,(H,23,27). The number of hydrogen-bond donors (Lipinski definition) is 1. The predicted molar refractivity (Wildman–Crippen MR) is 116 cm³/mol. The second-order valence-electron chi connectivity index (χ2n) is 7.42. The molecule has 1 aromatic carbocycles. The Kier molecular flexibility index (Phi) is 7.68. The molecule has 162 valence electrons. The molecule has 2 heterocycles. The Hall–Kier alpha value is -2.61. The third-order valence-corrected chi connectivity index (χ3v) is 6.19. The van der Waals surface area contributed by atoms with Crippen molar-refractivity contribution in [1.29, 1.82) is 0 Å². The Labute approximate surface area is 181 Å². The van der Waals surface area contributed by atoms with Crippen LogP contribution in [0.3, 0.4) is 0 Å². The van der Waals surface area contributed by atoms with Crippen LogP contribution < -0.4 is 14.8 Å². The maximum Gasteiger partial charge on any atom is 0.226 e. The van der Waals surface area contributed by atoms with Crippen LogP contribution in [0.15, 0.2) is 23.6 Å². The fourth-order valence-electron chi connectivity index (χ4n) is 3.65. The van der Waals surface area contributed by atoms with Crippen molar-refractivity contribution in [3.05, 3.63) is 39.8 Å². The third kappa shape index (κ3) is 5.72. The van der Waals surface area contributed by atoms with Gasteiger partial charge in [-0.05, 0) is 37.5 Å². The van der Waals surface area contributed by atoms with E-state index in [0.717, 1.165) is 22.7 Å². The van der Waals surface area contributed by atoms with Crippen molar-refractivity contribution in [3.8, 4) is 11.5 Å². The van der Waals surface area contributed by atoms with E-state index in [1.807, 2.05) is 35.4 Å². The van der Waals surface area contributed by atoms with Crippen molar-refractivity contribution in [2.45, 2.75) is 32.6 Å². The van der Waals surface area contributed by atoms with E-state index in [0.29, 0.717) is 50.4 Å². The van der Waals surface area contributed by atoms with Crippen LogP contribution in [0, 0.1) is 12.8 Å². The number of thiazole rings is 1. The molecule has 0 radical (unpaired) electrons. The molecule has 1 aromatic heterocycles. The summed E-state index contributed by atoms with van der Waals surface area (Å²) in [5.41, 5.74) is 1.91. The number of aryl methyl sites for hydroxylation is 1. The predicted octanol–water partition coefficient (Wildman–Crippen LogP) is 2.61. The van der Waals surface area contributed by atoms with Crippen molar-refractivity contribution >= 4 is 23.2 Å². The number of benzene rings is 1. The van der Waals surface area contributed by atoms with Crippen LogP contribution in [-0.2, 0) is 22.4 Å². The number of methoxy groups -OCH3 is 2. The monoisotopic (exact) mass is 431 g/mol. The lowest BCUT2D eigenvalue weighted by Gasteiger charge is -2.31. The van der Waals surface area contributed by atoms with Gasteiger partial charge in [0.2, 0.25) is 11.8 Å². The van der Waals surface area contributed by atoms with Gasteiger partial charge in [0.15, 0.2) is 11.5 Å². The first kappa shape index (κ1) is 22.1. The van der Waals surface area contributed by atoms with Crippen LogP contribution >= 0.6 is 11.3 Å². The van der Waals surface area contributed by atoms with Gasteiger partial charge in [0, 0.05) is 37.4 Å². The van der Waals surface area contributed by atoms with Crippen LogP contribution in [0.5, 0.6) is 11.5 Å². The topological polar surface area (TPSA) is 80.8 Å². The zero-order chi connectivity index (χ0) is 21.5. The number of hydrogen-bond acceptors (Lipinski definition) is 6. The maximum absolute atomic E-state index is 12.7. The lowest BCUT2D eigenvalue weighted by Crippen LogP contribution is -2.43. The second kappa shape index (κ2) is 10.4. The highest BCUT2D eigenvalue weighted by Crippen LogP contribution is 2.28. The number of piperidine rings is 1. The summed E-state index contributed by atoms with van der Waals surface area (Å²) in [6.07, 6.45) is 2.45. The lowest BCUT2D eigenvalue weighted by molar-refractivity contribution is -0.135. The molecular weight excluding hydrogens is 402 g/mol. The molecule has 7 nitrogen and oxygen atoms in total. The molecule has 1 aliphatic rings. The minimum absolute atomic E-state index is 0.0349. The Morgan fingerprint density at radius 2 is 1.93 bits per heavy atom. The Morgan fingerprint density at radius 3 is 2.57 bits per heavy atom. The van der Waals surface area contributed by atoms with Gasteiger partial charge < -0.3 is 19.7 Å². The summed E-state index contributed by atoms with van der Waals surface area (Å²) in [4.78, 5) is 31.4. The van der Waals surface area contributed by atoms with Gasteiger partial charge in [-0.3, -0.25) is 9.59 Å². The zero-order valence-electron chi connectivity index (χ0n) is 17.8. The first-order chi connectivity index (χ1) is 14.5. The summed E-state index contributed by atoms with van der Waals surface area (Å²) >= 11 is 1.62. The minimum Gasteiger partial charge on any atom is -0.493 e. The van der Waals surface area contributed by atoms with Gasteiger partial charge in [-0.15, -0.1) is 11.3 Å².